The predicted molar refractivity (Wildman–Crippen MR) is 140 cm³/mol. The Morgan fingerprint density at radius 1 is 1.26 bits per heavy atom. The molecule has 9 nitrogen and oxygen atoms in total. The molecule has 1 unspecified atom stereocenters. The molecule has 0 radical (unpaired) electrons. The lowest BCUT2D eigenvalue weighted by Gasteiger charge is -2.33. The highest BCUT2D eigenvalue weighted by atomic mass is 19.4. The van der Waals surface area contributed by atoms with Gasteiger partial charge in [0, 0.05) is 48.8 Å². The molecule has 4 rings (SSSR count). The van der Waals surface area contributed by atoms with Crippen molar-refractivity contribution in [3.8, 4) is 11.3 Å². The van der Waals surface area contributed by atoms with E-state index >= 15 is 0 Å². The lowest BCUT2D eigenvalue weighted by molar-refractivity contribution is -0.122. The molecule has 202 valence electrons. The Labute approximate surface area is 217 Å². The maximum atomic E-state index is 12.3. The van der Waals surface area contributed by atoms with Gasteiger partial charge < -0.3 is 31.7 Å². The van der Waals surface area contributed by atoms with E-state index in [0.717, 1.165) is 36.5 Å². The third-order valence-electron chi connectivity index (χ3n) is 6.13. The minimum atomic E-state index is -4.49. The summed E-state index contributed by atoms with van der Waals surface area (Å²) in [5.74, 6) is 0.872. The molecule has 0 saturated carbocycles. The van der Waals surface area contributed by atoms with Gasteiger partial charge in [0.15, 0.2) is 0 Å². The Balaban J connectivity index is 1.50. The van der Waals surface area contributed by atoms with Crippen LogP contribution >= 0.6 is 0 Å². The Bertz CT molecular complexity index is 1350. The summed E-state index contributed by atoms with van der Waals surface area (Å²) in [6.45, 7) is 0.00651. The van der Waals surface area contributed by atoms with Crippen LogP contribution in [0.4, 0.5) is 23.7 Å². The van der Waals surface area contributed by atoms with Gasteiger partial charge in [-0.2, -0.15) is 13.2 Å². The molecule has 2 amide bonds. The number of aliphatic hydroxyl groups excluding tert-OH is 1. The van der Waals surface area contributed by atoms with E-state index in [4.69, 9.17) is 5.73 Å². The first-order valence-corrected chi connectivity index (χ1v) is 12.1. The fourth-order valence-electron chi connectivity index (χ4n) is 4.27. The number of halogens is 3. The smallest absolute Gasteiger partial charge is 0.398 e. The fourth-order valence-corrected chi connectivity index (χ4v) is 4.27. The molecule has 0 spiro atoms. The number of carbonyl (C=O) groups excluding carboxylic acids is 1. The number of pyridine rings is 1. The molecule has 1 atom stereocenters. The standard InChI is InChI=1S/C26H30F3N7O2/c1-31-23(35-10-3-6-20(37)15-35)8-7-21(30)17-9-11-36-22(14-32-24(36)13-17)18-4-2-5-19(12-18)34-25(38)33-16-26(27,28)29/h2,4-5,7-9,11-14,20,31,37H,3,6,10,15-16,30H2,1H3,(H2,33,34,38)/b21-7-,23-8+. The van der Waals surface area contributed by atoms with Crippen LogP contribution in [0.1, 0.15) is 18.4 Å². The number of piperidine rings is 1. The largest absolute Gasteiger partial charge is 0.405 e. The Hall–Kier alpha value is -4.19. The number of alkyl halides is 3. The molecule has 3 heterocycles. The van der Waals surface area contributed by atoms with Gasteiger partial charge in [0.05, 0.1) is 18.0 Å². The molecule has 0 bridgehead atoms. The van der Waals surface area contributed by atoms with Gasteiger partial charge in [-0.3, -0.25) is 4.40 Å². The molecule has 38 heavy (non-hydrogen) atoms. The van der Waals surface area contributed by atoms with Gasteiger partial charge in [0.25, 0.3) is 0 Å². The van der Waals surface area contributed by atoms with Crippen LogP contribution in [0.5, 0.6) is 0 Å². The van der Waals surface area contributed by atoms with Crippen LogP contribution in [0.2, 0.25) is 0 Å². The molecule has 3 aromatic rings. The van der Waals surface area contributed by atoms with E-state index in [0.29, 0.717) is 29.1 Å². The van der Waals surface area contributed by atoms with Crippen molar-refractivity contribution in [3.05, 3.63) is 72.3 Å². The molecular formula is C26H30F3N7O2. The number of urea groups is 1. The van der Waals surface area contributed by atoms with Crippen molar-refractivity contribution in [3.63, 3.8) is 0 Å². The number of allylic oxidation sites excluding steroid dienone is 2. The molecular weight excluding hydrogens is 499 g/mol. The second kappa shape index (κ2) is 11.5. The summed E-state index contributed by atoms with van der Waals surface area (Å²) in [6.07, 6.45) is 4.07. The highest BCUT2D eigenvalue weighted by Crippen LogP contribution is 2.25. The highest BCUT2D eigenvalue weighted by Gasteiger charge is 2.27. The van der Waals surface area contributed by atoms with Gasteiger partial charge in [-0.15, -0.1) is 0 Å². The molecule has 0 aliphatic carbocycles. The molecule has 1 aliphatic rings. The molecule has 6 N–H and O–H groups in total. The first kappa shape index (κ1) is 26.9. The zero-order chi connectivity index (χ0) is 27.3. The highest BCUT2D eigenvalue weighted by molar-refractivity contribution is 5.90. The van der Waals surface area contributed by atoms with Crippen molar-refractivity contribution in [1.82, 2.24) is 24.9 Å². The Morgan fingerprint density at radius 3 is 2.82 bits per heavy atom. The summed E-state index contributed by atoms with van der Waals surface area (Å²) >= 11 is 0. The molecule has 1 saturated heterocycles. The number of β-amino-alcohol motifs (C(OH)–C–C–N with tert-alkyl or cyclic N) is 1. The van der Waals surface area contributed by atoms with E-state index in [9.17, 15) is 23.1 Å². The SMILES string of the molecule is CN/C(=C\C=C(/N)c1ccn2c(-c3cccc(NC(=O)NCC(F)(F)F)c3)cnc2c1)N1CCCC(O)C1. The number of nitrogens with two attached hydrogens (primary N) is 1. The van der Waals surface area contributed by atoms with Crippen molar-refractivity contribution >= 4 is 23.1 Å². The Kier molecular flexibility index (Phi) is 8.10. The lowest BCUT2D eigenvalue weighted by atomic mass is 10.1. The number of imidazole rings is 1. The first-order chi connectivity index (χ1) is 18.1. The van der Waals surface area contributed by atoms with E-state index in [1.165, 1.54) is 0 Å². The van der Waals surface area contributed by atoms with Crippen LogP contribution in [0.3, 0.4) is 0 Å². The maximum absolute atomic E-state index is 12.3. The molecule has 1 aliphatic heterocycles. The maximum Gasteiger partial charge on any atom is 0.405 e. The second-order valence-electron chi connectivity index (χ2n) is 8.96. The summed E-state index contributed by atoms with van der Waals surface area (Å²) in [7, 11) is 1.83. The molecule has 1 fully saturated rings. The summed E-state index contributed by atoms with van der Waals surface area (Å²) in [5.41, 5.74) is 10.1. The number of hydrogen-bond acceptors (Lipinski definition) is 6. The minimum absolute atomic E-state index is 0.342. The number of aromatic nitrogens is 2. The number of hydrogen-bond donors (Lipinski definition) is 5. The summed E-state index contributed by atoms with van der Waals surface area (Å²) in [6, 6.07) is 9.49. The number of nitrogens with one attached hydrogen (secondary N) is 3. The zero-order valence-electron chi connectivity index (χ0n) is 20.8. The first-order valence-electron chi connectivity index (χ1n) is 12.1. The number of fused-ring (bicyclic) bond motifs is 1. The fraction of sp³-hybridized carbons (Fsp3) is 0.308. The van der Waals surface area contributed by atoms with Gasteiger partial charge in [0.2, 0.25) is 0 Å². The van der Waals surface area contributed by atoms with Crippen molar-refractivity contribution in [2.75, 3.05) is 32.0 Å². The molecule has 12 heteroatoms. The van der Waals surface area contributed by atoms with Crippen molar-refractivity contribution in [1.29, 1.82) is 0 Å². The monoisotopic (exact) mass is 529 g/mol. The zero-order valence-corrected chi connectivity index (χ0v) is 20.8. The van der Waals surface area contributed by atoms with Crippen LogP contribution in [-0.2, 0) is 0 Å². The summed E-state index contributed by atoms with van der Waals surface area (Å²) in [4.78, 5) is 18.4. The van der Waals surface area contributed by atoms with Gasteiger partial charge in [-0.1, -0.05) is 12.1 Å². The van der Waals surface area contributed by atoms with Crippen LogP contribution in [0.25, 0.3) is 22.6 Å². The van der Waals surface area contributed by atoms with E-state index in [2.05, 4.69) is 20.5 Å². The van der Waals surface area contributed by atoms with Crippen molar-refractivity contribution in [2.45, 2.75) is 25.1 Å². The van der Waals surface area contributed by atoms with Gasteiger partial charge in [0.1, 0.15) is 18.0 Å². The van der Waals surface area contributed by atoms with Crippen LogP contribution in [0.15, 0.2) is 66.8 Å². The van der Waals surface area contributed by atoms with Crippen LogP contribution in [0, 0.1) is 0 Å². The van der Waals surface area contributed by atoms with E-state index < -0.39 is 18.8 Å². The molecule has 2 aromatic heterocycles. The summed E-state index contributed by atoms with van der Waals surface area (Å²) in [5, 5.41) is 17.3. The topological polar surface area (TPSA) is 120 Å². The van der Waals surface area contributed by atoms with Crippen LogP contribution in [-0.4, -0.2) is 64.4 Å². The number of carbonyl (C=O) groups is 1. The predicted octanol–water partition coefficient (Wildman–Crippen LogP) is 3.50. The number of likely N-dealkylation sites (tertiary alicyclic amines) is 1. The number of aliphatic hydroxyl groups is 1. The van der Waals surface area contributed by atoms with Gasteiger partial charge in [-0.05, 0) is 49.3 Å². The minimum Gasteiger partial charge on any atom is -0.398 e. The van der Waals surface area contributed by atoms with Gasteiger partial charge in [-0.25, -0.2) is 9.78 Å². The van der Waals surface area contributed by atoms with Crippen molar-refractivity contribution in [2.24, 2.45) is 5.73 Å². The summed E-state index contributed by atoms with van der Waals surface area (Å²) < 4.78 is 38.9. The number of rotatable bonds is 7. The van der Waals surface area contributed by atoms with Crippen molar-refractivity contribution < 1.29 is 23.1 Å². The number of benzene rings is 1. The van der Waals surface area contributed by atoms with Crippen LogP contribution < -0.4 is 21.7 Å². The number of amides is 2. The third-order valence-corrected chi connectivity index (χ3v) is 6.13. The van der Waals surface area contributed by atoms with E-state index in [1.54, 1.807) is 29.7 Å². The van der Waals surface area contributed by atoms with E-state index in [-0.39, 0.29) is 6.10 Å². The quantitative estimate of drug-likeness (QED) is 0.299. The average molecular weight is 530 g/mol. The van der Waals surface area contributed by atoms with Gasteiger partial charge >= 0.3 is 12.2 Å². The Morgan fingerprint density at radius 2 is 2.08 bits per heavy atom. The third kappa shape index (κ3) is 6.76. The average Bonchev–Trinajstić information content (AvgIpc) is 3.31. The second-order valence-corrected chi connectivity index (χ2v) is 8.96. The lowest BCUT2D eigenvalue weighted by Crippen LogP contribution is -2.40. The normalized spacial score (nSPS) is 17.0. The molecule has 1 aromatic carbocycles. The number of nitrogens with zero attached hydrogens (tertiary/aromatic N) is 3. The van der Waals surface area contributed by atoms with E-state index in [1.807, 2.05) is 48.0 Å². The number of anilines is 1.